The molecule has 160 valence electrons. The van der Waals surface area contributed by atoms with Crippen molar-refractivity contribution in [3.05, 3.63) is 41.3 Å². The SMILES string of the molecule is CC.CC(C)Oc1ncc(-c2nc(-c3ccc(OCC(=O)O)c(F)c3)no2)cc1Cl. The molecule has 8 nitrogen and oxygen atoms in total. The predicted molar refractivity (Wildman–Crippen MR) is 108 cm³/mol. The van der Waals surface area contributed by atoms with Gasteiger partial charge in [0.25, 0.3) is 5.89 Å². The molecule has 0 unspecified atom stereocenters. The zero-order valence-electron chi connectivity index (χ0n) is 16.8. The van der Waals surface area contributed by atoms with E-state index in [9.17, 15) is 9.18 Å². The number of halogens is 2. The maximum Gasteiger partial charge on any atom is 0.341 e. The third-order valence-corrected chi connectivity index (χ3v) is 3.64. The number of carboxylic acids is 1. The minimum atomic E-state index is -1.21. The average Bonchev–Trinajstić information content (AvgIpc) is 3.20. The zero-order valence-corrected chi connectivity index (χ0v) is 17.6. The van der Waals surface area contributed by atoms with Gasteiger partial charge in [-0.05, 0) is 38.1 Å². The first kappa shape index (κ1) is 23.1. The van der Waals surface area contributed by atoms with Crippen LogP contribution in [0.15, 0.2) is 35.0 Å². The Morgan fingerprint density at radius 2 is 2.00 bits per heavy atom. The Kier molecular flexibility index (Phi) is 8.11. The van der Waals surface area contributed by atoms with Crippen molar-refractivity contribution in [3.63, 3.8) is 0 Å². The second-order valence-corrected chi connectivity index (χ2v) is 6.34. The third kappa shape index (κ3) is 5.90. The first-order valence-corrected chi connectivity index (χ1v) is 9.52. The van der Waals surface area contributed by atoms with Crippen molar-refractivity contribution in [2.24, 2.45) is 0 Å². The number of aromatic nitrogens is 3. The molecule has 0 amide bonds. The van der Waals surface area contributed by atoms with E-state index >= 15 is 0 Å². The van der Waals surface area contributed by atoms with Crippen molar-refractivity contribution < 1.29 is 28.3 Å². The van der Waals surface area contributed by atoms with E-state index in [0.717, 1.165) is 6.07 Å². The summed E-state index contributed by atoms with van der Waals surface area (Å²) in [5, 5.41) is 12.7. The molecule has 0 spiro atoms. The summed E-state index contributed by atoms with van der Waals surface area (Å²) in [5.74, 6) is -1.57. The molecule has 0 bridgehead atoms. The molecule has 0 saturated heterocycles. The molecule has 10 heteroatoms. The molecule has 3 aromatic rings. The number of carboxylic acid groups (broad SMARTS) is 1. The molecule has 0 saturated carbocycles. The van der Waals surface area contributed by atoms with Gasteiger partial charge in [-0.3, -0.25) is 0 Å². The molecule has 0 aliphatic rings. The van der Waals surface area contributed by atoms with Crippen LogP contribution in [-0.4, -0.2) is 38.9 Å². The zero-order chi connectivity index (χ0) is 22.3. The number of pyridine rings is 1. The van der Waals surface area contributed by atoms with E-state index in [4.69, 9.17) is 30.7 Å². The van der Waals surface area contributed by atoms with Gasteiger partial charge in [-0.25, -0.2) is 14.2 Å². The minimum absolute atomic E-state index is 0.0804. The maximum absolute atomic E-state index is 14.1. The fourth-order valence-corrected chi connectivity index (χ4v) is 2.42. The molecule has 2 aromatic heterocycles. The lowest BCUT2D eigenvalue weighted by Gasteiger charge is -2.09. The normalized spacial score (nSPS) is 10.4. The molecule has 2 heterocycles. The number of hydrogen-bond donors (Lipinski definition) is 1. The van der Waals surface area contributed by atoms with Crippen molar-refractivity contribution in [3.8, 4) is 34.5 Å². The van der Waals surface area contributed by atoms with Crippen LogP contribution < -0.4 is 9.47 Å². The fourth-order valence-electron chi connectivity index (χ4n) is 2.21. The van der Waals surface area contributed by atoms with Gasteiger partial charge in [0.2, 0.25) is 11.7 Å². The van der Waals surface area contributed by atoms with Crippen LogP contribution in [-0.2, 0) is 4.79 Å². The molecular weight excluding hydrogens is 417 g/mol. The van der Waals surface area contributed by atoms with Gasteiger partial charge in [0.1, 0.15) is 5.02 Å². The van der Waals surface area contributed by atoms with Crippen LogP contribution in [0.2, 0.25) is 5.02 Å². The van der Waals surface area contributed by atoms with Crippen LogP contribution >= 0.6 is 11.6 Å². The van der Waals surface area contributed by atoms with Crippen LogP contribution in [0.4, 0.5) is 4.39 Å². The highest BCUT2D eigenvalue weighted by molar-refractivity contribution is 6.32. The fraction of sp³-hybridized carbons (Fsp3) is 0.300. The highest BCUT2D eigenvalue weighted by Gasteiger charge is 2.16. The second kappa shape index (κ2) is 10.5. The van der Waals surface area contributed by atoms with Crippen molar-refractivity contribution in [1.29, 1.82) is 0 Å². The maximum atomic E-state index is 14.1. The van der Waals surface area contributed by atoms with E-state index < -0.39 is 18.4 Å². The standard InChI is InChI=1S/C18H15ClFN3O5.C2H6/c1-9(2)27-18-12(19)5-11(7-21-18)17-22-16(23-28-17)10-3-4-14(13(20)6-10)26-8-15(24)25;1-2/h3-7,9H,8H2,1-2H3,(H,24,25);1-2H3. The van der Waals surface area contributed by atoms with Gasteiger partial charge >= 0.3 is 5.97 Å². The Bertz CT molecular complexity index is 1010. The van der Waals surface area contributed by atoms with Gasteiger partial charge in [0.05, 0.1) is 11.7 Å². The molecule has 0 fully saturated rings. The number of rotatable bonds is 7. The topological polar surface area (TPSA) is 108 Å². The van der Waals surface area contributed by atoms with Crippen LogP contribution in [0, 0.1) is 5.82 Å². The Hall–Kier alpha value is -3.20. The number of nitrogens with zero attached hydrogens (tertiary/aromatic N) is 3. The van der Waals surface area contributed by atoms with E-state index in [2.05, 4.69) is 15.1 Å². The van der Waals surface area contributed by atoms with E-state index in [-0.39, 0.29) is 28.6 Å². The van der Waals surface area contributed by atoms with Crippen molar-refractivity contribution in [2.75, 3.05) is 6.61 Å². The second-order valence-electron chi connectivity index (χ2n) is 5.93. The highest BCUT2D eigenvalue weighted by Crippen LogP contribution is 2.30. The van der Waals surface area contributed by atoms with Gasteiger partial charge in [0.15, 0.2) is 18.2 Å². The summed E-state index contributed by atoms with van der Waals surface area (Å²) in [4.78, 5) is 18.8. The molecule has 3 rings (SSSR count). The lowest BCUT2D eigenvalue weighted by Crippen LogP contribution is -2.10. The molecule has 1 aromatic carbocycles. The van der Waals surface area contributed by atoms with Gasteiger partial charge < -0.3 is 19.1 Å². The van der Waals surface area contributed by atoms with Crippen LogP contribution in [0.1, 0.15) is 27.7 Å². The number of hydrogen-bond acceptors (Lipinski definition) is 7. The van der Waals surface area contributed by atoms with Crippen molar-refractivity contribution in [2.45, 2.75) is 33.8 Å². The monoisotopic (exact) mass is 437 g/mol. The van der Waals surface area contributed by atoms with Crippen LogP contribution in [0.5, 0.6) is 11.6 Å². The quantitative estimate of drug-likeness (QED) is 0.557. The molecule has 30 heavy (non-hydrogen) atoms. The number of carbonyl (C=O) groups is 1. The molecule has 0 aliphatic heterocycles. The average molecular weight is 438 g/mol. The Labute approximate surface area is 177 Å². The van der Waals surface area contributed by atoms with E-state index in [1.165, 1.54) is 18.3 Å². The highest BCUT2D eigenvalue weighted by atomic mass is 35.5. The largest absolute Gasteiger partial charge is 0.479 e. The lowest BCUT2D eigenvalue weighted by molar-refractivity contribution is -0.139. The molecule has 0 atom stereocenters. The summed E-state index contributed by atoms with van der Waals surface area (Å²) in [5.41, 5.74) is 0.802. The first-order valence-electron chi connectivity index (χ1n) is 9.14. The predicted octanol–water partition coefficient (Wildman–Crippen LogP) is 4.87. The Morgan fingerprint density at radius 3 is 2.60 bits per heavy atom. The number of aliphatic carboxylic acids is 1. The molecule has 1 N–H and O–H groups in total. The van der Waals surface area contributed by atoms with E-state index in [0.29, 0.717) is 17.0 Å². The van der Waals surface area contributed by atoms with Crippen LogP contribution in [0.25, 0.3) is 22.8 Å². The summed E-state index contributed by atoms with van der Waals surface area (Å²) in [6.45, 7) is 7.06. The van der Waals surface area contributed by atoms with Crippen molar-refractivity contribution >= 4 is 17.6 Å². The van der Waals surface area contributed by atoms with E-state index in [1.54, 1.807) is 6.07 Å². The minimum Gasteiger partial charge on any atom is -0.479 e. The molecule has 0 aliphatic carbocycles. The van der Waals surface area contributed by atoms with Gasteiger partial charge in [-0.2, -0.15) is 4.98 Å². The Morgan fingerprint density at radius 1 is 1.27 bits per heavy atom. The summed E-state index contributed by atoms with van der Waals surface area (Å²) in [6.07, 6.45) is 1.40. The molecule has 0 radical (unpaired) electrons. The summed E-state index contributed by atoms with van der Waals surface area (Å²) < 4.78 is 29.6. The number of ether oxygens (including phenoxy) is 2. The lowest BCUT2D eigenvalue weighted by atomic mass is 10.2. The first-order chi connectivity index (χ1) is 14.3. The Balaban J connectivity index is 0.00000155. The van der Waals surface area contributed by atoms with Gasteiger partial charge in [-0.1, -0.05) is 30.6 Å². The van der Waals surface area contributed by atoms with Crippen LogP contribution in [0.3, 0.4) is 0 Å². The summed E-state index contributed by atoms with van der Waals surface area (Å²) in [6, 6.07) is 5.48. The summed E-state index contributed by atoms with van der Waals surface area (Å²) in [7, 11) is 0. The van der Waals surface area contributed by atoms with Crippen molar-refractivity contribution in [1.82, 2.24) is 15.1 Å². The van der Waals surface area contributed by atoms with Gasteiger partial charge in [0, 0.05) is 11.8 Å². The van der Waals surface area contributed by atoms with E-state index in [1.807, 2.05) is 27.7 Å². The number of benzene rings is 1. The summed E-state index contributed by atoms with van der Waals surface area (Å²) >= 11 is 6.15. The smallest absolute Gasteiger partial charge is 0.341 e. The van der Waals surface area contributed by atoms with Gasteiger partial charge in [-0.15, -0.1) is 0 Å². The molecular formula is C20H21ClFN3O5. The third-order valence-electron chi connectivity index (χ3n) is 3.37.